The second kappa shape index (κ2) is 9.97. The highest BCUT2D eigenvalue weighted by molar-refractivity contribution is 7.80. The van der Waals surface area contributed by atoms with Crippen molar-refractivity contribution in [1.29, 1.82) is 0 Å². The van der Waals surface area contributed by atoms with Gasteiger partial charge in [-0.2, -0.15) is 5.10 Å². The Kier molecular flexibility index (Phi) is 7.05. The van der Waals surface area contributed by atoms with Crippen LogP contribution in [-0.2, 0) is 13.1 Å². The number of nitrogens with zero attached hydrogens (tertiary/aromatic N) is 4. The molecule has 1 aliphatic heterocycles. The second-order valence-electron chi connectivity index (χ2n) is 8.54. The number of halogens is 2. The number of hydrogen-bond donors (Lipinski definition) is 1. The zero-order valence-corrected chi connectivity index (χ0v) is 20.1. The Morgan fingerprint density at radius 1 is 0.939 bits per heavy atom. The maximum absolute atomic E-state index is 14.0. The molecule has 2 aromatic carbocycles. The molecule has 0 radical (unpaired) electrons. The molecule has 0 atom stereocenters. The van der Waals surface area contributed by atoms with Crippen LogP contribution in [0, 0.1) is 32.4 Å². The summed E-state index contributed by atoms with van der Waals surface area (Å²) < 4.78 is 29.5. The van der Waals surface area contributed by atoms with Crippen molar-refractivity contribution in [3.05, 3.63) is 82.2 Å². The smallest absolute Gasteiger partial charge is 0.173 e. The lowest BCUT2D eigenvalue weighted by Gasteiger charge is -2.36. The van der Waals surface area contributed by atoms with E-state index in [2.05, 4.69) is 41.1 Å². The lowest BCUT2D eigenvalue weighted by atomic mass is 10.1. The standard InChI is InChI=1S/C25H29F2N5S/c1-17-7-4-5-8-20(17)16-32-19(3)24(18(2)29-32)28-25(33)31-13-11-30(12-14-31)15-21-9-6-10-22(26)23(21)27/h4-10H,11-16H2,1-3H3,(H,28,33). The van der Waals surface area contributed by atoms with Crippen molar-refractivity contribution >= 4 is 23.0 Å². The van der Waals surface area contributed by atoms with Gasteiger partial charge in [0, 0.05) is 38.3 Å². The first-order valence-electron chi connectivity index (χ1n) is 11.1. The molecule has 1 aliphatic rings. The van der Waals surface area contributed by atoms with E-state index in [1.165, 1.54) is 11.1 Å². The number of thiocarbonyl (C=S) groups is 1. The van der Waals surface area contributed by atoms with E-state index in [0.717, 1.165) is 49.3 Å². The van der Waals surface area contributed by atoms with E-state index < -0.39 is 11.6 Å². The van der Waals surface area contributed by atoms with Crippen LogP contribution in [0.3, 0.4) is 0 Å². The van der Waals surface area contributed by atoms with Crippen LogP contribution in [0.1, 0.15) is 28.1 Å². The molecule has 174 valence electrons. The van der Waals surface area contributed by atoms with Gasteiger partial charge in [0.25, 0.3) is 0 Å². The minimum absolute atomic E-state index is 0.386. The largest absolute Gasteiger partial charge is 0.346 e. The van der Waals surface area contributed by atoms with E-state index in [4.69, 9.17) is 17.3 Å². The van der Waals surface area contributed by atoms with Gasteiger partial charge in [0.05, 0.1) is 23.6 Å². The van der Waals surface area contributed by atoms with E-state index in [-0.39, 0.29) is 0 Å². The lowest BCUT2D eigenvalue weighted by molar-refractivity contribution is 0.175. The number of nitrogens with one attached hydrogen (secondary N) is 1. The molecule has 1 N–H and O–H groups in total. The van der Waals surface area contributed by atoms with E-state index in [9.17, 15) is 8.78 Å². The summed E-state index contributed by atoms with van der Waals surface area (Å²) in [5, 5.41) is 8.78. The summed E-state index contributed by atoms with van der Waals surface area (Å²) in [6.45, 7) is 10.1. The molecule has 8 heteroatoms. The van der Waals surface area contributed by atoms with Gasteiger partial charge in [0.15, 0.2) is 16.7 Å². The van der Waals surface area contributed by atoms with Crippen molar-refractivity contribution in [3.63, 3.8) is 0 Å². The zero-order valence-electron chi connectivity index (χ0n) is 19.2. The molecule has 0 aliphatic carbocycles. The first-order chi connectivity index (χ1) is 15.8. The summed E-state index contributed by atoms with van der Waals surface area (Å²) in [5.74, 6) is -1.56. The molecule has 3 aromatic rings. The van der Waals surface area contributed by atoms with Crippen molar-refractivity contribution in [2.24, 2.45) is 0 Å². The third kappa shape index (κ3) is 5.23. The Morgan fingerprint density at radius 3 is 2.36 bits per heavy atom. The molecule has 1 saturated heterocycles. The van der Waals surface area contributed by atoms with Gasteiger partial charge in [-0.25, -0.2) is 8.78 Å². The van der Waals surface area contributed by atoms with Crippen molar-refractivity contribution in [1.82, 2.24) is 19.6 Å². The van der Waals surface area contributed by atoms with Crippen molar-refractivity contribution in [3.8, 4) is 0 Å². The van der Waals surface area contributed by atoms with Gasteiger partial charge in [-0.05, 0) is 50.2 Å². The van der Waals surface area contributed by atoms with Crippen LogP contribution < -0.4 is 5.32 Å². The molecular formula is C25H29F2N5S. The van der Waals surface area contributed by atoms with Gasteiger partial charge < -0.3 is 10.2 Å². The Balaban J connectivity index is 1.36. The maximum atomic E-state index is 14.0. The molecular weight excluding hydrogens is 440 g/mol. The summed E-state index contributed by atoms with van der Waals surface area (Å²) in [6, 6.07) is 12.7. The third-order valence-electron chi connectivity index (χ3n) is 6.28. The topological polar surface area (TPSA) is 36.3 Å². The first-order valence-corrected chi connectivity index (χ1v) is 11.5. The van der Waals surface area contributed by atoms with Crippen LogP contribution in [0.15, 0.2) is 42.5 Å². The molecule has 0 bridgehead atoms. The van der Waals surface area contributed by atoms with Gasteiger partial charge in [0.1, 0.15) is 0 Å². The van der Waals surface area contributed by atoms with Gasteiger partial charge in [-0.15, -0.1) is 0 Å². The highest BCUT2D eigenvalue weighted by Gasteiger charge is 2.22. The van der Waals surface area contributed by atoms with Crippen LogP contribution in [0.2, 0.25) is 0 Å². The zero-order chi connectivity index (χ0) is 23.5. The normalized spacial score (nSPS) is 14.5. The number of aryl methyl sites for hydroxylation is 2. The fourth-order valence-corrected chi connectivity index (χ4v) is 4.47. The number of anilines is 1. The average Bonchev–Trinajstić information content (AvgIpc) is 3.06. The van der Waals surface area contributed by atoms with Gasteiger partial charge in [-0.1, -0.05) is 36.4 Å². The summed E-state index contributed by atoms with van der Waals surface area (Å²) >= 11 is 5.69. The van der Waals surface area contributed by atoms with Crippen LogP contribution in [-0.4, -0.2) is 50.9 Å². The highest BCUT2D eigenvalue weighted by atomic mass is 32.1. The minimum atomic E-state index is -0.801. The Bertz CT molecular complexity index is 1150. The quantitative estimate of drug-likeness (QED) is 0.551. The van der Waals surface area contributed by atoms with Gasteiger partial charge in [-0.3, -0.25) is 9.58 Å². The van der Waals surface area contributed by atoms with Gasteiger partial charge >= 0.3 is 0 Å². The predicted molar refractivity (Wildman–Crippen MR) is 131 cm³/mol. The SMILES string of the molecule is Cc1ccccc1Cn1nc(C)c(NC(=S)N2CCN(Cc3cccc(F)c3F)CC2)c1C. The number of rotatable bonds is 5. The molecule has 4 rings (SSSR count). The van der Waals surface area contributed by atoms with Crippen LogP contribution in [0.5, 0.6) is 0 Å². The Morgan fingerprint density at radius 2 is 1.64 bits per heavy atom. The van der Waals surface area contributed by atoms with E-state index >= 15 is 0 Å². The summed E-state index contributed by atoms with van der Waals surface area (Å²) in [5.41, 5.74) is 5.76. The molecule has 5 nitrogen and oxygen atoms in total. The Hall–Kier alpha value is -2.84. The number of benzene rings is 2. The predicted octanol–water partition coefficient (Wildman–Crippen LogP) is 4.65. The highest BCUT2D eigenvalue weighted by Crippen LogP contribution is 2.22. The van der Waals surface area contributed by atoms with Crippen LogP contribution >= 0.6 is 12.2 Å². The third-order valence-corrected chi connectivity index (χ3v) is 6.64. The first kappa shape index (κ1) is 23.3. The fraction of sp³-hybridized carbons (Fsp3) is 0.360. The maximum Gasteiger partial charge on any atom is 0.173 e. The van der Waals surface area contributed by atoms with Crippen LogP contribution in [0.4, 0.5) is 14.5 Å². The molecule has 2 heterocycles. The minimum Gasteiger partial charge on any atom is -0.346 e. The second-order valence-corrected chi connectivity index (χ2v) is 8.92. The van der Waals surface area contributed by atoms with E-state index in [0.29, 0.717) is 23.8 Å². The molecule has 33 heavy (non-hydrogen) atoms. The molecule has 1 aromatic heterocycles. The van der Waals surface area contributed by atoms with Crippen molar-refractivity contribution in [2.75, 3.05) is 31.5 Å². The van der Waals surface area contributed by atoms with Crippen molar-refractivity contribution < 1.29 is 8.78 Å². The number of piperazine rings is 1. The lowest BCUT2D eigenvalue weighted by Crippen LogP contribution is -2.49. The Labute approximate surface area is 199 Å². The summed E-state index contributed by atoms with van der Waals surface area (Å²) in [6.07, 6.45) is 0. The molecule has 1 fully saturated rings. The molecule has 0 saturated carbocycles. The molecule has 0 unspecified atom stereocenters. The van der Waals surface area contributed by atoms with E-state index in [1.54, 1.807) is 12.1 Å². The van der Waals surface area contributed by atoms with Crippen LogP contribution in [0.25, 0.3) is 0 Å². The summed E-state index contributed by atoms with van der Waals surface area (Å²) in [4.78, 5) is 4.24. The summed E-state index contributed by atoms with van der Waals surface area (Å²) in [7, 11) is 0. The monoisotopic (exact) mass is 469 g/mol. The van der Waals surface area contributed by atoms with Crippen molar-refractivity contribution in [2.45, 2.75) is 33.9 Å². The average molecular weight is 470 g/mol. The van der Waals surface area contributed by atoms with Gasteiger partial charge in [0.2, 0.25) is 0 Å². The fourth-order valence-electron chi connectivity index (χ4n) is 4.19. The molecule has 0 spiro atoms. The molecule has 0 amide bonds. The van der Waals surface area contributed by atoms with E-state index in [1.807, 2.05) is 23.7 Å². The number of aromatic nitrogens is 2. The number of hydrogen-bond acceptors (Lipinski definition) is 3.